The lowest BCUT2D eigenvalue weighted by molar-refractivity contribution is -0.124. The van der Waals surface area contributed by atoms with E-state index in [1.807, 2.05) is 31.2 Å². The van der Waals surface area contributed by atoms with Gasteiger partial charge in [-0.25, -0.2) is 4.79 Å². The van der Waals surface area contributed by atoms with Crippen LogP contribution >= 0.6 is 0 Å². The van der Waals surface area contributed by atoms with Crippen LogP contribution in [0.4, 0.5) is 10.5 Å². The predicted octanol–water partition coefficient (Wildman–Crippen LogP) is 0.661. The third-order valence-corrected chi connectivity index (χ3v) is 4.14. The van der Waals surface area contributed by atoms with Crippen molar-refractivity contribution in [1.82, 2.24) is 15.5 Å². The highest BCUT2D eigenvalue weighted by Gasteiger charge is 2.26. The van der Waals surface area contributed by atoms with Gasteiger partial charge in [0.15, 0.2) is 0 Å². The fraction of sp³-hybridized carbons (Fsp3) is 0.500. The first-order valence-electron chi connectivity index (χ1n) is 7.70. The van der Waals surface area contributed by atoms with E-state index in [1.165, 1.54) is 7.05 Å². The Morgan fingerprint density at radius 3 is 2.26 bits per heavy atom. The summed E-state index contributed by atoms with van der Waals surface area (Å²) in [6.07, 6.45) is 0. The van der Waals surface area contributed by atoms with E-state index in [-0.39, 0.29) is 11.9 Å². The number of methoxy groups -OCH3 is 1. The topological polar surface area (TPSA) is 73.9 Å². The molecule has 23 heavy (non-hydrogen) atoms. The van der Waals surface area contributed by atoms with Crippen LogP contribution in [0.1, 0.15) is 6.92 Å². The van der Waals surface area contributed by atoms with Crippen LogP contribution in [0, 0.1) is 0 Å². The fourth-order valence-electron chi connectivity index (χ4n) is 2.61. The van der Waals surface area contributed by atoms with Gasteiger partial charge in [0.1, 0.15) is 5.75 Å². The summed E-state index contributed by atoms with van der Waals surface area (Å²) in [6, 6.07) is 7.17. The van der Waals surface area contributed by atoms with Crippen LogP contribution in [-0.2, 0) is 4.79 Å². The third kappa shape index (κ3) is 4.35. The standard InChI is InChI=1S/C16H24N4O3/c1-12(15(21)18-16(22)17-2)19-8-10-20(11-9-19)13-4-6-14(23-3)7-5-13/h4-7,12H,8-11H2,1-3H3,(H2,17,18,21,22)/t12-/m0/s1. The smallest absolute Gasteiger partial charge is 0.321 e. The number of urea groups is 1. The zero-order chi connectivity index (χ0) is 16.8. The van der Waals surface area contributed by atoms with Gasteiger partial charge in [-0.2, -0.15) is 0 Å². The van der Waals surface area contributed by atoms with E-state index in [9.17, 15) is 9.59 Å². The first-order valence-corrected chi connectivity index (χ1v) is 7.70. The monoisotopic (exact) mass is 320 g/mol. The maximum absolute atomic E-state index is 12.0. The molecule has 1 aromatic rings. The first kappa shape index (κ1) is 17.1. The number of imide groups is 1. The molecule has 1 aliphatic heterocycles. The Hall–Kier alpha value is -2.28. The molecule has 7 nitrogen and oxygen atoms in total. The van der Waals surface area contributed by atoms with Gasteiger partial charge in [0.25, 0.3) is 0 Å². The summed E-state index contributed by atoms with van der Waals surface area (Å²) in [5.74, 6) is 0.564. The molecule has 1 aliphatic rings. The summed E-state index contributed by atoms with van der Waals surface area (Å²) >= 11 is 0. The van der Waals surface area contributed by atoms with Gasteiger partial charge in [0.2, 0.25) is 5.91 Å². The van der Waals surface area contributed by atoms with Crippen molar-refractivity contribution >= 4 is 17.6 Å². The van der Waals surface area contributed by atoms with Crippen molar-refractivity contribution < 1.29 is 14.3 Å². The Labute approximate surface area is 136 Å². The minimum absolute atomic E-state index is 0.276. The minimum atomic E-state index is -0.473. The summed E-state index contributed by atoms with van der Waals surface area (Å²) in [6.45, 7) is 5.04. The molecular formula is C16H24N4O3. The minimum Gasteiger partial charge on any atom is -0.497 e. The number of amides is 3. The van der Waals surface area contributed by atoms with E-state index < -0.39 is 6.03 Å². The van der Waals surface area contributed by atoms with E-state index in [2.05, 4.69) is 20.4 Å². The molecule has 0 bridgehead atoms. The Morgan fingerprint density at radius 1 is 1.13 bits per heavy atom. The van der Waals surface area contributed by atoms with Crippen molar-refractivity contribution in [3.8, 4) is 5.75 Å². The molecule has 0 radical (unpaired) electrons. The van der Waals surface area contributed by atoms with E-state index in [1.54, 1.807) is 7.11 Å². The summed E-state index contributed by atoms with van der Waals surface area (Å²) < 4.78 is 5.17. The SMILES string of the molecule is CNC(=O)NC(=O)[C@H](C)N1CCN(c2ccc(OC)cc2)CC1. The van der Waals surface area contributed by atoms with E-state index in [4.69, 9.17) is 4.74 Å². The number of hydrogen-bond acceptors (Lipinski definition) is 5. The molecule has 3 amide bonds. The summed E-state index contributed by atoms with van der Waals surface area (Å²) in [7, 11) is 3.14. The van der Waals surface area contributed by atoms with Crippen LogP contribution in [0.3, 0.4) is 0 Å². The van der Waals surface area contributed by atoms with Crippen LogP contribution < -0.4 is 20.3 Å². The molecule has 1 heterocycles. The van der Waals surface area contributed by atoms with Gasteiger partial charge in [-0.15, -0.1) is 0 Å². The fourth-order valence-corrected chi connectivity index (χ4v) is 2.61. The highest BCUT2D eigenvalue weighted by Crippen LogP contribution is 2.21. The number of rotatable bonds is 4. The number of anilines is 1. The molecule has 1 fully saturated rings. The van der Waals surface area contributed by atoms with Gasteiger partial charge in [-0.05, 0) is 31.2 Å². The quantitative estimate of drug-likeness (QED) is 0.853. The third-order valence-electron chi connectivity index (χ3n) is 4.14. The number of hydrogen-bond donors (Lipinski definition) is 2. The number of nitrogens with one attached hydrogen (secondary N) is 2. The second-order valence-corrected chi connectivity index (χ2v) is 5.47. The number of benzene rings is 1. The lowest BCUT2D eigenvalue weighted by Crippen LogP contribution is -2.55. The zero-order valence-corrected chi connectivity index (χ0v) is 13.8. The Balaban J connectivity index is 1.87. The Morgan fingerprint density at radius 2 is 1.74 bits per heavy atom. The highest BCUT2D eigenvalue weighted by atomic mass is 16.5. The highest BCUT2D eigenvalue weighted by molar-refractivity contribution is 5.96. The van der Waals surface area contributed by atoms with Crippen molar-refractivity contribution in [3.05, 3.63) is 24.3 Å². The van der Waals surface area contributed by atoms with Gasteiger partial charge in [0, 0.05) is 38.9 Å². The number of nitrogens with zero attached hydrogens (tertiary/aromatic N) is 2. The molecule has 0 saturated carbocycles. The van der Waals surface area contributed by atoms with Crippen molar-refractivity contribution in [3.63, 3.8) is 0 Å². The molecule has 1 saturated heterocycles. The summed E-state index contributed by atoms with van der Waals surface area (Å²) in [5.41, 5.74) is 1.15. The van der Waals surface area contributed by atoms with Crippen LogP contribution in [0.25, 0.3) is 0 Å². The van der Waals surface area contributed by atoms with Crippen LogP contribution in [0.2, 0.25) is 0 Å². The van der Waals surface area contributed by atoms with Crippen molar-refractivity contribution in [2.75, 3.05) is 45.2 Å². The zero-order valence-electron chi connectivity index (χ0n) is 13.8. The van der Waals surface area contributed by atoms with Crippen LogP contribution in [0.5, 0.6) is 5.75 Å². The maximum atomic E-state index is 12.0. The molecule has 0 spiro atoms. The molecule has 0 aliphatic carbocycles. The molecule has 0 unspecified atom stereocenters. The number of carbonyl (C=O) groups excluding carboxylic acids is 2. The Kier molecular flexibility index (Phi) is 5.81. The van der Waals surface area contributed by atoms with Gasteiger partial charge in [-0.3, -0.25) is 15.0 Å². The molecule has 2 N–H and O–H groups in total. The van der Waals surface area contributed by atoms with Gasteiger partial charge >= 0.3 is 6.03 Å². The first-order chi connectivity index (χ1) is 11.0. The van der Waals surface area contributed by atoms with E-state index in [0.29, 0.717) is 0 Å². The normalized spacial score (nSPS) is 16.6. The molecule has 1 aromatic carbocycles. The summed E-state index contributed by atoms with van der Waals surface area (Å²) in [4.78, 5) is 27.6. The molecular weight excluding hydrogens is 296 g/mol. The molecule has 126 valence electrons. The average molecular weight is 320 g/mol. The van der Waals surface area contributed by atoms with E-state index >= 15 is 0 Å². The van der Waals surface area contributed by atoms with Crippen molar-refractivity contribution in [2.24, 2.45) is 0 Å². The predicted molar refractivity (Wildman–Crippen MR) is 88.8 cm³/mol. The Bertz CT molecular complexity index is 539. The molecule has 7 heteroatoms. The molecule has 2 rings (SSSR count). The molecule has 1 atom stereocenters. The number of ether oxygens (including phenoxy) is 1. The molecule has 0 aromatic heterocycles. The lowest BCUT2D eigenvalue weighted by Gasteiger charge is -2.38. The van der Waals surface area contributed by atoms with Crippen LogP contribution in [-0.4, -0.2) is 63.2 Å². The largest absolute Gasteiger partial charge is 0.497 e. The van der Waals surface area contributed by atoms with Crippen LogP contribution in [0.15, 0.2) is 24.3 Å². The van der Waals surface area contributed by atoms with Gasteiger partial charge in [-0.1, -0.05) is 0 Å². The number of carbonyl (C=O) groups is 2. The number of piperazine rings is 1. The average Bonchev–Trinajstić information content (AvgIpc) is 2.61. The van der Waals surface area contributed by atoms with Gasteiger partial charge < -0.3 is 15.0 Å². The lowest BCUT2D eigenvalue weighted by atomic mass is 10.2. The second-order valence-electron chi connectivity index (χ2n) is 5.47. The second kappa shape index (κ2) is 7.82. The van der Waals surface area contributed by atoms with Gasteiger partial charge in [0.05, 0.1) is 13.2 Å². The van der Waals surface area contributed by atoms with E-state index in [0.717, 1.165) is 37.6 Å². The van der Waals surface area contributed by atoms with Crippen molar-refractivity contribution in [2.45, 2.75) is 13.0 Å². The van der Waals surface area contributed by atoms with Crippen molar-refractivity contribution in [1.29, 1.82) is 0 Å². The maximum Gasteiger partial charge on any atom is 0.321 e. The summed E-state index contributed by atoms with van der Waals surface area (Å²) in [5, 5.41) is 4.71.